The lowest BCUT2D eigenvalue weighted by molar-refractivity contribution is -0.137. The molecule has 1 saturated carbocycles. The van der Waals surface area contributed by atoms with E-state index in [-0.39, 0.29) is 23.8 Å². The number of rotatable bonds is 8. The Bertz CT molecular complexity index is 574. The molecule has 0 bridgehead atoms. The first kappa shape index (κ1) is 20.0. The standard InChI is InChI=1S/C20H28F3NO/c1-13(2)19(25)18(24(14(3)4)12-16-5-6-16)11-15-7-9-17(10-8-15)20(21,22)23/h7-10,13-14,16,18H,5-6,11-12H2,1-4H3/t18-/m0/s1. The van der Waals surface area contributed by atoms with Gasteiger partial charge in [0.05, 0.1) is 11.6 Å². The molecule has 0 radical (unpaired) electrons. The highest BCUT2D eigenvalue weighted by atomic mass is 19.4. The average molecular weight is 355 g/mol. The van der Waals surface area contributed by atoms with Gasteiger partial charge in [-0.05, 0) is 56.7 Å². The van der Waals surface area contributed by atoms with E-state index >= 15 is 0 Å². The highest BCUT2D eigenvalue weighted by Crippen LogP contribution is 2.32. The van der Waals surface area contributed by atoms with Crippen LogP contribution in [0.3, 0.4) is 0 Å². The second-order valence-corrected chi connectivity index (χ2v) is 7.71. The van der Waals surface area contributed by atoms with Crippen LogP contribution in [0.4, 0.5) is 13.2 Å². The van der Waals surface area contributed by atoms with Gasteiger partial charge >= 0.3 is 6.18 Å². The molecule has 0 unspecified atom stereocenters. The predicted octanol–water partition coefficient (Wildman–Crippen LogP) is 4.96. The van der Waals surface area contributed by atoms with E-state index in [2.05, 4.69) is 18.7 Å². The number of carbonyl (C=O) groups is 1. The number of hydrogen-bond acceptors (Lipinski definition) is 2. The molecule has 25 heavy (non-hydrogen) atoms. The summed E-state index contributed by atoms with van der Waals surface area (Å²) in [7, 11) is 0. The zero-order valence-corrected chi connectivity index (χ0v) is 15.4. The number of nitrogens with zero attached hydrogens (tertiary/aromatic N) is 1. The zero-order valence-electron chi connectivity index (χ0n) is 15.4. The first-order chi connectivity index (χ1) is 11.6. The monoisotopic (exact) mass is 355 g/mol. The Kier molecular flexibility index (Phi) is 6.30. The van der Waals surface area contributed by atoms with Gasteiger partial charge in [0, 0.05) is 18.5 Å². The van der Waals surface area contributed by atoms with Crippen LogP contribution in [-0.2, 0) is 17.4 Å². The first-order valence-corrected chi connectivity index (χ1v) is 9.05. The second-order valence-electron chi connectivity index (χ2n) is 7.71. The van der Waals surface area contributed by atoms with E-state index in [1.807, 2.05) is 13.8 Å². The summed E-state index contributed by atoms with van der Waals surface area (Å²) in [4.78, 5) is 15.0. The number of alkyl halides is 3. The van der Waals surface area contributed by atoms with Gasteiger partial charge in [-0.3, -0.25) is 9.69 Å². The Morgan fingerprint density at radius 1 is 1.12 bits per heavy atom. The number of halogens is 3. The lowest BCUT2D eigenvalue weighted by Gasteiger charge is -2.35. The highest BCUT2D eigenvalue weighted by molar-refractivity contribution is 5.86. The Labute approximate surface area is 148 Å². The fourth-order valence-electron chi connectivity index (χ4n) is 3.12. The van der Waals surface area contributed by atoms with E-state index in [0.717, 1.165) is 24.2 Å². The van der Waals surface area contributed by atoms with Gasteiger partial charge in [0.25, 0.3) is 0 Å². The van der Waals surface area contributed by atoms with Crippen LogP contribution >= 0.6 is 0 Å². The van der Waals surface area contributed by atoms with Gasteiger partial charge in [-0.25, -0.2) is 0 Å². The molecule has 0 aromatic heterocycles. The molecule has 5 heteroatoms. The number of Topliss-reactive ketones (excluding diaryl/α,β-unsaturated/α-hetero) is 1. The van der Waals surface area contributed by atoms with Crippen LogP contribution in [0.5, 0.6) is 0 Å². The van der Waals surface area contributed by atoms with Gasteiger partial charge in [0.15, 0.2) is 5.78 Å². The van der Waals surface area contributed by atoms with Crippen molar-refractivity contribution < 1.29 is 18.0 Å². The van der Waals surface area contributed by atoms with Crippen LogP contribution in [0.15, 0.2) is 24.3 Å². The average Bonchev–Trinajstić information content (AvgIpc) is 3.33. The van der Waals surface area contributed by atoms with E-state index < -0.39 is 11.7 Å². The third kappa shape index (κ3) is 5.56. The van der Waals surface area contributed by atoms with Gasteiger partial charge in [0.2, 0.25) is 0 Å². The summed E-state index contributed by atoms with van der Waals surface area (Å²) in [6.45, 7) is 8.82. The summed E-state index contributed by atoms with van der Waals surface area (Å²) in [6.07, 6.45) is -1.47. The van der Waals surface area contributed by atoms with Gasteiger partial charge in [0.1, 0.15) is 0 Å². The quantitative estimate of drug-likeness (QED) is 0.657. The lowest BCUT2D eigenvalue weighted by Crippen LogP contribution is -2.48. The van der Waals surface area contributed by atoms with Gasteiger partial charge in [-0.2, -0.15) is 13.2 Å². The molecule has 1 aliphatic carbocycles. The summed E-state index contributed by atoms with van der Waals surface area (Å²) >= 11 is 0. The third-order valence-corrected chi connectivity index (χ3v) is 4.84. The van der Waals surface area contributed by atoms with Crippen LogP contribution in [0.25, 0.3) is 0 Å². The minimum Gasteiger partial charge on any atom is -0.298 e. The number of ketones is 1. The zero-order chi connectivity index (χ0) is 18.8. The molecule has 1 atom stereocenters. The molecular weight excluding hydrogens is 327 g/mol. The smallest absolute Gasteiger partial charge is 0.298 e. The van der Waals surface area contributed by atoms with Crippen molar-refractivity contribution in [2.75, 3.05) is 6.54 Å². The number of carbonyl (C=O) groups excluding carboxylic acids is 1. The molecule has 1 aliphatic rings. The molecule has 0 spiro atoms. The van der Waals surface area contributed by atoms with Crippen LogP contribution in [0.1, 0.15) is 51.7 Å². The van der Waals surface area contributed by atoms with Crippen molar-refractivity contribution in [2.24, 2.45) is 11.8 Å². The molecule has 2 rings (SSSR count). The normalized spacial score (nSPS) is 16.7. The van der Waals surface area contributed by atoms with Crippen molar-refractivity contribution in [1.82, 2.24) is 4.90 Å². The molecule has 0 amide bonds. The molecule has 1 aromatic rings. The SMILES string of the molecule is CC(C)C(=O)[C@H](Cc1ccc(C(F)(F)F)cc1)N(CC1CC1)C(C)C. The predicted molar refractivity (Wildman–Crippen MR) is 93.3 cm³/mol. The maximum absolute atomic E-state index is 12.8. The summed E-state index contributed by atoms with van der Waals surface area (Å²) in [5.41, 5.74) is 0.120. The lowest BCUT2D eigenvalue weighted by atomic mass is 9.93. The van der Waals surface area contributed by atoms with E-state index in [1.165, 1.54) is 25.0 Å². The molecule has 1 fully saturated rings. The summed E-state index contributed by atoms with van der Waals surface area (Å²) in [6, 6.07) is 5.15. The van der Waals surface area contributed by atoms with E-state index in [9.17, 15) is 18.0 Å². The van der Waals surface area contributed by atoms with Crippen molar-refractivity contribution in [3.63, 3.8) is 0 Å². The van der Waals surface area contributed by atoms with Crippen molar-refractivity contribution in [3.8, 4) is 0 Å². The molecule has 0 aliphatic heterocycles. The fraction of sp³-hybridized carbons (Fsp3) is 0.650. The number of benzene rings is 1. The van der Waals surface area contributed by atoms with Crippen LogP contribution in [0, 0.1) is 11.8 Å². The van der Waals surface area contributed by atoms with Crippen LogP contribution in [-0.4, -0.2) is 29.3 Å². The second kappa shape index (κ2) is 7.90. The first-order valence-electron chi connectivity index (χ1n) is 9.05. The van der Waals surface area contributed by atoms with Crippen molar-refractivity contribution in [1.29, 1.82) is 0 Å². The van der Waals surface area contributed by atoms with Gasteiger partial charge in [-0.15, -0.1) is 0 Å². The maximum atomic E-state index is 12.8. The molecule has 0 saturated heterocycles. The van der Waals surface area contributed by atoms with Gasteiger partial charge < -0.3 is 0 Å². The highest BCUT2D eigenvalue weighted by Gasteiger charge is 2.34. The maximum Gasteiger partial charge on any atom is 0.416 e. The van der Waals surface area contributed by atoms with E-state index in [0.29, 0.717) is 12.3 Å². The van der Waals surface area contributed by atoms with Crippen LogP contribution in [0.2, 0.25) is 0 Å². The molecule has 0 N–H and O–H groups in total. The van der Waals surface area contributed by atoms with Crippen molar-refractivity contribution in [3.05, 3.63) is 35.4 Å². The fourth-order valence-corrected chi connectivity index (χ4v) is 3.12. The van der Waals surface area contributed by atoms with Crippen molar-refractivity contribution >= 4 is 5.78 Å². The van der Waals surface area contributed by atoms with E-state index in [1.54, 1.807) is 0 Å². The van der Waals surface area contributed by atoms with Crippen LogP contribution < -0.4 is 0 Å². The summed E-state index contributed by atoms with van der Waals surface area (Å²) in [5.74, 6) is 0.714. The Balaban J connectivity index is 2.21. The Morgan fingerprint density at radius 2 is 1.68 bits per heavy atom. The molecular formula is C20H28F3NO. The minimum atomic E-state index is -4.33. The molecule has 140 valence electrons. The molecule has 2 nitrogen and oxygen atoms in total. The number of hydrogen-bond donors (Lipinski definition) is 0. The largest absolute Gasteiger partial charge is 0.416 e. The Hall–Kier alpha value is -1.36. The molecule has 0 heterocycles. The van der Waals surface area contributed by atoms with Gasteiger partial charge in [-0.1, -0.05) is 26.0 Å². The molecule has 1 aromatic carbocycles. The third-order valence-electron chi connectivity index (χ3n) is 4.84. The topological polar surface area (TPSA) is 20.3 Å². The summed E-state index contributed by atoms with van der Waals surface area (Å²) < 4.78 is 38.2. The van der Waals surface area contributed by atoms with Crippen molar-refractivity contribution in [2.45, 2.75) is 65.2 Å². The minimum absolute atomic E-state index is 0.0973. The van der Waals surface area contributed by atoms with E-state index in [4.69, 9.17) is 0 Å². The Morgan fingerprint density at radius 3 is 2.08 bits per heavy atom. The summed E-state index contributed by atoms with van der Waals surface area (Å²) in [5, 5.41) is 0.